The number of methoxy groups -OCH3 is 1. The lowest BCUT2D eigenvalue weighted by atomic mass is 10.2. The second-order valence-corrected chi connectivity index (χ2v) is 3.04. The van der Waals surface area contributed by atoms with Gasteiger partial charge in [0.25, 0.3) is 0 Å². The van der Waals surface area contributed by atoms with Crippen molar-refractivity contribution in [3.8, 4) is 0 Å². The lowest BCUT2D eigenvalue weighted by Crippen LogP contribution is -2.12. The first-order valence-electron chi connectivity index (χ1n) is 4.11. The summed E-state index contributed by atoms with van der Waals surface area (Å²) in [5.74, 6) is -0.311. The van der Waals surface area contributed by atoms with Gasteiger partial charge in [0.05, 0.1) is 12.9 Å². The minimum Gasteiger partial charge on any atom is -0.464 e. The molecule has 0 spiro atoms. The highest BCUT2D eigenvalue weighted by atomic mass is 16.5. The average Bonchev–Trinajstić information content (AvgIpc) is 2.44. The van der Waals surface area contributed by atoms with Gasteiger partial charge in [-0.1, -0.05) is 0 Å². The van der Waals surface area contributed by atoms with Crippen molar-refractivity contribution in [3.63, 3.8) is 0 Å². The van der Waals surface area contributed by atoms with Crippen LogP contribution in [0.2, 0.25) is 0 Å². The fourth-order valence-corrected chi connectivity index (χ4v) is 1.26. The SMILES string of the molecule is COC(=O)c1cc(CC(=N)N)cn1C. The molecule has 5 nitrogen and oxygen atoms in total. The summed E-state index contributed by atoms with van der Waals surface area (Å²) in [6.45, 7) is 0. The fourth-order valence-electron chi connectivity index (χ4n) is 1.26. The number of aromatic nitrogens is 1. The van der Waals surface area contributed by atoms with Gasteiger partial charge in [0.15, 0.2) is 0 Å². The van der Waals surface area contributed by atoms with Crippen LogP contribution in [0, 0.1) is 5.41 Å². The molecule has 0 saturated heterocycles. The molecule has 3 N–H and O–H groups in total. The fraction of sp³-hybridized carbons (Fsp3) is 0.333. The highest BCUT2D eigenvalue weighted by Crippen LogP contribution is 2.08. The van der Waals surface area contributed by atoms with Crippen LogP contribution >= 0.6 is 0 Å². The molecule has 0 radical (unpaired) electrons. The minimum atomic E-state index is -0.387. The average molecular weight is 195 g/mol. The largest absolute Gasteiger partial charge is 0.464 e. The van der Waals surface area contributed by atoms with E-state index >= 15 is 0 Å². The number of nitrogens with zero attached hydrogens (tertiary/aromatic N) is 1. The number of hydrogen-bond donors (Lipinski definition) is 2. The summed E-state index contributed by atoms with van der Waals surface area (Å²) in [6, 6.07) is 1.67. The number of carbonyl (C=O) groups is 1. The molecule has 0 atom stereocenters. The maximum atomic E-state index is 11.2. The predicted octanol–water partition coefficient (Wildman–Crippen LogP) is 0.290. The van der Waals surface area contributed by atoms with Crippen LogP contribution in [0.5, 0.6) is 0 Å². The van der Waals surface area contributed by atoms with Gasteiger partial charge >= 0.3 is 5.97 Å². The van der Waals surface area contributed by atoms with Crippen LogP contribution in [-0.2, 0) is 18.2 Å². The third-order valence-electron chi connectivity index (χ3n) is 1.85. The smallest absolute Gasteiger partial charge is 0.354 e. The van der Waals surface area contributed by atoms with Crippen molar-refractivity contribution >= 4 is 11.8 Å². The van der Waals surface area contributed by atoms with E-state index in [2.05, 4.69) is 4.74 Å². The van der Waals surface area contributed by atoms with E-state index < -0.39 is 0 Å². The molecule has 14 heavy (non-hydrogen) atoms. The second kappa shape index (κ2) is 3.95. The second-order valence-electron chi connectivity index (χ2n) is 3.04. The molecule has 1 heterocycles. The first kappa shape index (κ1) is 10.3. The molecule has 5 heteroatoms. The molecule has 1 rings (SSSR count). The van der Waals surface area contributed by atoms with Crippen molar-refractivity contribution in [3.05, 3.63) is 23.5 Å². The molecule has 0 aliphatic carbocycles. The van der Waals surface area contributed by atoms with E-state index in [1.807, 2.05) is 0 Å². The molecule has 0 unspecified atom stereocenters. The van der Waals surface area contributed by atoms with Crippen molar-refractivity contribution in [1.29, 1.82) is 5.41 Å². The third-order valence-corrected chi connectivity index (χ3v) is 1.85. The molecule has 0 aliphatic rings. The zero-order valence-corrected chi connectivity index (χ0v) is 8.20. The number of rotatable bonds is 3. The Kier molecular flexibility index (Phi) is 2.91. The van der Waals surface area contributed by atoms with E-state index in [-0.39, 0.29) is 11.8 Å². The Balaban J connectivity index is 2.93. The van der Waals surface area contributed by atoms with Crippen LogP contribution < -0.4 is 5.73 Å². The van der Waals surface area contributed by atoms with Crippen molar-refractivity contribution in [1.82, 2.24) is 4.57 Å². The zero-order valence-electron chi connectivity index (χ0n) is 8.20. The van der Waals surface area contributed by atoms with Gasteiger partial charge in [-0.2, -0.15) is 0 Å². The zero-order chi connectivity index (χ0) is 10.7. The topological polar surface area (TPSA) is 81.1 Å². The molecular formula is C9H13N3O2. The van der Waals surface area contributed by atoms with Crippen molar-refractivity contribution in [2.75, 3.05) is 7.11 Å². The van der Waals surface area contributed by atoms with Crippen LogP contribution in [0.1, 0.15) is 16.1 Å². The first-order valence-corrected chi connectivity index (χ1v) is 4.11. The van der Waals surface area contributed by atoms with E-state index in [0.717, 1.165) is 5.56 Å². The quantitative estimate of drug-likeness (QED) is 0.413. The summed E-state index contributed by atoms with van der Waals surface area (Å²) in [5.41, 5.74) is 6.55. The molecule has 0 bridgehead atoms. The monoisotopic (exact) mass is 195 g/mol. The minimum absolute atomic E-state index is 0.0759. The number of amidine groups is 1. The van der Waals surface area contributed by atoms with E-state index in [0.29, 0.717) is 12.1 Å². The summed E-state index contributed by atoms with van der Waals surface area (Å²) >= 11 is 0. The molecular weight excluding hydrogens is 182 g/mol. The van der Waals surface area contributed by atoms with Crippen LogP contribution in [0.15, 0.2) is 12.3 Å². The molecule has 0 aromatic carbocycles. The molecule has 76 valence electrons. The van der Waals surface area contributed by atoms with Crippen LogP contribution in [0.4, 0.5) is 0 Å². The highest BCUT2D eigenvalue weighted by molar-refractivity contribution is 5.88. The summed E-state index contributed by atoms with van der Waals surface area (Å²) in [5, 5.41) is 7.12. The molecule has 0 aliphatic heterocycles. The number of ether oxygens (including phenoxy) is 1. The normalized spacial score (nSPS) is 9.86. The van der Waals surface area contributed by atoms with Gasteiger partial charge in [0.1, 0.15) is 5.69 Å². The Morgan fingerprint density at radius 2 is 2.36 bits per heavy atom. The van der Waals surface area contributed by atoms with Crippen molar-refractivity contribution in [2.24, 2.45) is 12.8 Å². The maximum Gasteiger partial charge on any atom is 0.354 e. The highest BCUT2D eigenvalue weighted by Gasteiger charge is 2.11. The van der Waals surface area contributed by atoms with Gasteiger partial charge < -0.3 is 15.0 Å². The molecule has 0 saturated carbocycles. The van der Waals surface area contributed by atoms with Gasteiger partial charge in [-0.25, -0.2) is 4.79 Å². The van der Waals surface area contributed by atoms with Gasteiger partial charge in [-0.3, -0.25) is 5.41 Å². The summed E-state index contributed by atoms with van der Waals surface area (Å²) in [4.78, 5) is 11.2. The number of carbonyl (C=O) groups excluding carboxylic acids is 1. The van der Waals surface area contributed by atoms with E-state index in [1.54, 1.807) is 23.9 Å². The van der Waals surface area contributed by atoms with E-state index in [1.165, 1.54) is 7.11 Å². The van der Waals surface area contributed by atoms with Gasteiger partial charge in [-0.05, 0) is 11.6 Å². The molecule has 1 aromatic rings. The Morgan fingerprint density at radius 3 is 2.86 bits per heavy atom. The third kappa shape index (κ3) is 2.12. The van der Waals surface area contributed by atoms with Crippen molar-refractivity contribution < 1.29 is 9.53 Å². The summed E-state index contributed by atoms with van der Waals surface area (Å²) in [7, 11) is 3.08. The van der Waals surface area contributed by atoms with E-state index in [9.17, 15) is 4.79 Å². The van der Waals surface area contributed by atoms with Gasteiger partial charge in [0, 0.05) is 19.7 Å². The lowest BCUT2D eigenvalue weighted by Gasteiger charge is -1.98. The molecule has 0 amide bonds. The number of hydrogen-bond acceptors (Lipinski definition) is 3. The van der Waals surface area contributed by atoms with E-state index in [4.69, 9.17) is 11.1 Å². The number of esters is 1. The summed E-state index contributed by atoms with van der Waals surface area (Å²) < 4.78 is 6.25. The Bertz CT molecular complexity index is 368. The molecule has 1 aromatic heterocycles. The van der Waals surface area contributed by atoms with Crippen molar-refractivity contribution in [2.45, 2.75) is 6.42 Å². The summed E-state index contributed by atoms with van der Waals surface area (Å²) in [6.07, 6.45) is 2.11. The first-order chi connectivity index (χ1) is 6.54. The number of aryl methyl sites for hydroxylation is 1. The predicted molar refractivity (Wildman–Crippen MR) is 52.4 cm³/mol. The van der Waals surface area contributed by atoms with Gasteiger partial charge in [0.2, 0.25) is 0 Å². The maximum absolute atomic E-state index is 11.2. The van der Waals surface area contributed by atoms with Gasteiger partial charge in [-0.15, -0.1) is 0 Å². The molecule has 0 fully saturated rings. The van der Waals surface area contributed by atoms with Crippen LogP contribution in [0.3, 0.4) is 0 Å². The van der Waals surface area contributed by atoms with Crippen LogP contribution in [0.25, 0.3) is 0 Å². The van der Waals surface area contributed by atoms with Crippen LogP contribution in [-0.4, -0.2) is 23.5 Å². The number of nitrogens with one attached hydrogen (secondary N) is 1. The Hall–Kier alpha value is -1.78. The standard InChI is InChI=1S/C9H13N3O2/c1-12-5-6(4-8(10)11)3-7(12)9(13)14-2/h3,5H,4H2,1-2H3,(H3,10,11). The lowest BCUT2D eigenvalue weighted by molar-refractivity contribution is 0.0590. The Morgan fingerprint density at radius 1 is 1.71 bits per heavy atom. The number of nitrogens with two attached hydrogens (primary N) is 1. The Labute approximate surface area is 82.0 Å².